The zero-order valence-corrected chi connectivity index (χ0v) is 13.5. The molecule has 0 aliphatic rings. The maximum Gasteiger partial charge on any atom is 0.291 e. The minimum atomic E-state index is -0.718. The Labute approximate surface area is 143 Å². The van der Waals surface area contributed by atoms with E-state index in [0.29, 0.717) is 11.3 Å². The maximum atomic E-state index is 12.0. The van der Waals surface area contributed by atoms with Crippen LogP contribution in [0.15, 0.2) is 47.1 Å². The molecule has 2 aromatic rings. The predicted molar refractivity (Wildman–Crippen MR) is 89.1 cm³/mol. The molecule has 0 aliphatic carbocycles. The highest BCUT2D eigenvalue weighted by atomic mass is 16.3. The van der Waals surface area contributed by atoms with Gasteiger partial charge in [-0.3, -0.25) is 19.2 Å². The first kappa shape index (κ1) is 17.9. The Hall–Kier alpha value is -3.42. The van der Waals surface area contributed by atoms with Gasteiger partial charge in [-0.2, -0.15) is 0 Å². The van der Waals surface area contributed by atoms with Gasteiger partial charge in [-0.05, 0) is 36.4 Å². The number of nitrogens with one attached hydrogen (secondary N) is 3. The van der Waals surface area contributed by atoms with E-state index in [1.165, 1.54) is 37.5 Å². The van der Waals surface area contributed by atoms with Gasteiger partial charge in [0.2, 0.25) is 5.78 Å². The van der Waals surface area contributed by atoms with Gasteiger partial charge in [0.05, 0.1) is 6.26 Å². The van der Waals surface area contributed by atoms with Gasteiger partial charge in [-0.1, -0.05) is 0 Å². The van der Waals surface area contributed by atoms with Crippen molar-refractivity contribution in [2.24, 2.45) is 0 Å². The van der Waals surface area contributed by atoms with Crippen molar-refractivity contribution in [2.75, 3.05) is 18.4 Å². The van der Waals surface area contributed by atoms with Crippen molar-refractivity contribution in [1.29, 1.82) is 0 Å². The minimum absolute atomic E-state index is 0.203. The van der Waals surface area contributed by atoms with Crippen LogP contribution in [0.5, 0.6) is 0 Å². The van der Waals surface area contributed by atoms with Crippen LogP contribution in [0.2, 0.25) is 0 Å². The lowest BCUT2D eigenvalue weighted by molar-refractivity contribution is -0.133. The predicted octanol–water partition coefficient (Wildman–Crippen LogP) is 0.967. The van der Waals surface area contributed by atoms with Crippen LogP contribution < -0.4 is 16.0 Å². The van der Waals surface area contributed by atoms with E-state index in [-0.39, 0.29) is 30.7 Å². The Morgan fingerprint density at radius 2 is 1.56 bits per heavy atom. The summed E-state index contributed by atoms with van der Waals surface area (Å²) in [6.07, 6.45) is 1.40. The molecule has 1 heterocycles. The van der Waals surface area contributed by atoms with Crippen LogP contribution in [-0.2, 0) is 9.59 Å². The largest absolute Gasteiger partial charge is 0.459 e. The Morgan fingerprint density at radius 1 is 0.920 bits per heavy atom. The monoisotopic (exact) mass is 343 g/mol. The third-order valence-corrected chi connectivity index (χ3v) is 3.17. The van der Waals surface area contributed by atoms with Gasteiger partial charge in [0.1, 0.15) is 0 Å². The summed E-state index contributed by atoms with van der Waals surface area (Å²) in [5.41, 5.74) is 0.806. The van der Waals surface area contributed by atoms with Gasteiger partial charge in [-0.25, -0.2) is 0 Å². The molecule has 1 aromatic carbocycles. The first-order chi connectivity index (χ1) is 12.0. The Balaban J connectivity index is 1.76. The van der Waals surface area contributed by atoms with Gasteiger partial charge < -0.3 is 20.4 Å². The molecule has 8 nitrogen and oxygen atoms in total. The summed E-state index contributed by atoms with van der Waals surface area (Å²) in [5, 5.41) is 7.67. The van der Waals surface area contributed by atoms with E-state index < -0.39 is 11.7 Å². The van der Waals surface area contributed by atoms with Crippen LogP contribution in [0.25, 0.3) is 0 Å². The van der Waals surface area contributed by atoms with E-state index in [1.54, 1.807) is 12.1 Å². The summed E-state index contributed by atoms with van der Waals surface area (Å²) in [7, 11) is 0. The molecular weight excluding hydrogens is 326 g/mol. The number of ketones is 1. The van der Waals surface area contributed by atoms with E-state index >= 15 is 0 Å². The zero-order valence-electron chi connectivity index (χ0n) is 13.5. The highest BCUT2D eigenvalue weighted by Gasteiger charge is 2.10. The standard InChI is InChI=1S/C17H17N3O5/c1-11(21)15(22)20-13-6-4-12(5-7-13)16(23)18-8-9-19-17(24)14-3-2-10-25-14/h2-7,10H,8-9H2,1H3,(H,18,23)(H,19,24)(H,20,22). The fourth-order valence-electron chi connectivity index (χ4n) is 1.87. The van der Waals surface area contributed by atoms with Crippen molar-refractivity contribution in [3.8, 4) is 0 Å². The van der Waals surface area contributed by atoms with Crippen LogP contribution in [0.1, 0.15) is 27.8 Å². The van der Waals surface area contributed by atoms with Crippen molar-refractivity contribution in [2.45, 2.75) is 6.92 Å². The topological polar surface area (TPSA) is 118 Å². The minimum Gasteiger partial charge on any atom is -0.459 e. The SMILES string of the molecule is CC(=O)C(=O)Nc1ccc(C(=O)NCCNC(=O)c2ccco2)cc1. The molecule has 130 valence electrons. The third-order valence-electron chi connectivity index (χ3n) is 3.17. The molecule has 1 aromatic heterocycles. The number of Topliss-reactive ketones (excluding diaryl/α,β-unsaturated/α-hetero) is 1. The first-order valence-corrected chi connectivity index (χ1v) is 7.49. The fraction of sp³-hybridized carbons (Fsp3) is 0.176. The van der Waals surface area contributed by atoms with Gasteiger partial charge in [0.25, 0.3) is 17.7 Å². The number of furan rings is 1. The molecule has 0 atom stereocenters. The van der Waals surface area contributed by atoms with Crippen molar-refractivity contribution >= 4 is 29.2 Å². The van der Waals surface area contributed by atoms with Crippen LogP contribution >= 0.6 is 0 Å². The molecule has 3 amide bonds. The lowest BCUT2D eigenvalue weighted by atomic mass is 10.2. The molecule has 0 radical (unpaired) electrons. The van der Waals surface area contributed by atoms with Gasteiger partial charge in [0.15, 0.2) is 5.76 Å². The normalized spacial score (nSPS) is 9.96. The molecule has 25 heavy (non-hydrogen) atoms. The van der Waals surface area contributed by atoms with E-state index in [1.807, 2.05) is 0 Å². The number of carbonyl (C=O) groups excluding carboxylic acids is 4. The molecule has 0 saturated carbocycles. The molecule has 8 heteroatoms. The second-order valence-corrected chi connectivity index (χ2v) is 5.08. The Bertz CT molecular complexity index is 766. The van der Waals surface area contributed by atoms with Crippen LogP contribution in [0.3, 0.4) is 0 Å². The first-order valence-electron chi connectivity index (χ1n) is 7.49. The van der Waals surface area contributed by atoms with Crippen LogP contribution in [0.4, 0.5) is 5.69 Å². The lowest BCUT2D eigenvalue weighted by Crippen LogP contribution is -2.34. The summed E-state index contributed by atoms with van der Waals surface area (Å²) in [4.78, 5) is 45.7. The molecule has 0 saturated heterocycles. The smallest absolute Gasteiger partial charge is 0.291 e. The summed E-state index contributed by atoms with van der Waals surface area (Å²) in [5.74, 6) is -1.79. The van der Waals surface area contributed by atoms with Crippen molar-refractivity contribution < 1.29 is 23.6 Å². The number of hydrogen-bond donors (Lipinski definition) is 3. The molecule has 2 rings (SSSR count). The Morgan fingerprint density at radius 3 is 2.12 bits per heavy atom. The van der Waals surface area contributed by atoms with Gasteiger partial charge in [-0.15, -0.1) is 0 Å². The van der Waals surface area contributed by atoms with Crippen molar-refractivity contribution in [1.82, 2.24) is 10.6 Å². The Kier molecular flexibility index (Phi) is 6.05. The number of carbonyl (C=O) groups is 4. The molecule has 3 N–H and O–H groups in total. The molecular formula is C17H17N3O5. The van der Waals surface area contributed by atoms with Crippen molar-refractivity contribution in [3.05, 3.63) is 54.0 Å². The lowest BCUT2D eigenvalue weighted by Gasteiger charge is -2.07. The highest BCUT2D eigenvalue weighted by Crippen LogP contribution is 2.09. The molecule has 0 spiro atoms. The average molecular weight is 343 g/mol. The van der Waals surface area contributed by atoms with E-state index in [0.717, 1.165) is 0 Å². The number of benzene rings is 1. The second kappa shape index (κ2) is 8.44. The summed E-state index contributed by atoms with van der Waals surface area (Å²) in [6.45, 7) is 1.66. The third kappa shape index (κ3) is 5.31. The number of amides is 3. The van der Waals surface area contributed by atoms with Gasteiger partial charge >= 0.3 is 0 Å². The molecule has 0 unspecified atom stereocenters. The second-order valence-electron chi connectivity index (χ2n) is 5.08. The highest BCUT2D eigenvalue weighted by molar-refractivity contribution is 6.39. The quantitative estimate of drug-likeness (QED) is 0.511. The zero-order chi connectivity index (χ0) is 18.2. The van der Waals surface area contributed by atoms with Crippen molar-refractivity contribution in [3.63, 3.8) is 0 Å². The number of hydrogen-bond acceptors (Lipinski definition) is 5. The number of anilines is 1. The summed E-state index contributed by atoms with van der Waals surface area (Å²) in [6, 6.07) is 9.24. The van der Waals surface area contributed by atoms with Crippen LogP contribution in [0, 0.1) is 0 Å². The molecule has 0 fully saturated rings. The van der Waals surface area contributed by atoms with E-state index in [2.05, 4.69) is 16.0 Å². The van der Waals surface area contributed by atoms with E-state index in [9.17, 15) is 19.2 Å². The summed E-state index contributed by atoms with van der Waals surface area (Å²) >= 11 is 0. The average Bonchev–Trinajstić information content (AvgIpc) is 3.13. The van der Waals surface area contributed by atoms with E-state index in [4.69, 9.17) is 4.42 Å². The molecule has 0 aliphatic heterocycles. The fourth-order valence-corrected chi connectivity index (χ4v) is 1.87. The number of rotatable bonds is 7. The van der Waals surface area contributed by atoms with Gasteiger partial charge in [0, 0.05) is 31.3 Å². The maximum absolute atomic E-state index is 12.0. The van der Waals surface area contributed by atoms with Crippen LogP contribution in [-0.4, -0.2) is 36.6 Å². The summed E-state index contributed by atoms with van der Waals surface area (Å²) < 4.78 is 4.95. The molecule has 0 bridgehead atoms.